The second-order valence-electron chi connectivity index (χ2n) is 7.95. The molecular formula is C23H30N2O5S. The van der Waals surface area contributed by atoms with Crippen molar-refractivity contribution in [3.8, 4) is 5.75 Å². The Morgan fingerprint density at radius 1 is 1.13 bits per heavy atom. The highest BCUT2D eigenvalue weighted by Crippen LogP contribution is 2.29. The zero-order chi connectivity index (χ0) is 22.4. The molecule has 1 aliphatic rings. The van der Waals surface area contributed by atoms with E-state index in [0.717, 1.165) is 12.0 Å². The normalized spacial score (nSPS) is 16.1. The maximum Gasteiger partial charge on any atom is 0.251 e. The van der Waals surface area contributed by atoms with Crippen molar-refractivity contribution in [2.24, 2.45) is 5.92 Å². The molecule has 2 aromatic rings. The molecule has 0 saturated carbocycles. The Kier molecular flexibility index (Phi) is 7.69. The van der Waals surface area contributed by atoms with E-state index in [0.29, 0.717) is 19.1 Å². The molecule has 1 fully saturated rings. The third kappa shape index (κ3) is 5.64. The number of hydrogen-bond acceptors (Lipinski definition) is 5. The molecule has 8 heteroatoms. The Hall–Kier alpha value is -2.42. The Labute approximate surface area is 184 Å². The number of amides is 1. The third-order valence-corrected chi connectivity index (χ3v) is 7.15. The van der Waals surface area contributed by atoms with Crippen molar-refractivity contribution in [2.75, 3.05) is 33.4 Å². The summed E-state index contributed by atoms with van der Waals surface area (Å²) in [7, 11) is -2.39. The highest BCUT2D eigenvalue weighted by Gasteiger charge is 2.30. The highest BCUT2D eigenvalue weighted by molar-refractivity contribution is 7.89. The topological polar surface area (TPSA) is 84.9 Å². The lowest BCUT2D eigenvalue weighted by Crippen LogP contribution is -2.40. The lowest BCUT2D eigenvalue weighted by atomic mass is 9.96. The SMILES string of the molecule is COc1ccc(C(=O)NC(CC(C)C)c2ccccc2)cc1S(=O)(=O)N1CCOCC1. The molecular weight excluding hydrogens is 416 g/mol. The van der Waals surface area contributed by atoms with E-state index in [-0.39, 0.29) is 41.2 Å². The molecule has 1 N–H and O–H groups in total. The number of methoxy groups -OCH3 is 1. The minimum absolute atomic E-state index is 0.00956. The molecule has 1 heterocycles. The highest BCUT2D eigenvalue weighted by atomic mass is 32.2. The van der Waals surface area contributed by atoms with Gasteiger partial charge in [0.2, 0.25) is 10.0 Å². The Bertz CT molecular complexity index is 986. The number of nitrogens with one attached hydrogen (secondary N) is 1. The lowest BCUT2D eigenvalue weighted by Gasteiger charge is -2.27. The van der Waals surface area contributed by atoms with Crippen molar-refractivity contribution >= 4 is 15.9 Å². The molecule has 0 bridgehead atoms. The van der Waals surface area contributed by atoms with Gasteiger partial charge in [-0.25, -0.2) is 8.42 Å². The number of morpholine rings is 1. The van der Waals surface area contributed by atoms with Gasteiger partial charge in [-0.3, -0.25) is 4.79 Å². The number of hydrogen-bond donors (Lipinski definition) is 1. The molecule has 1 unspecified atom stereocenters. The molecule has 0 radical (unpaired) electrons. The first-order chi connectivity index (χ1) is 14.8. The molecule has 3 rings (SSSR count). The summed E-state index contributed by atoms with van der Waals surface area (Å²) >= 11 is 0. The van der Waals surface area contributed by atoms with Gasteiger partial charge in [0.25, 0.3) is 5.91 Å². The molecule has 1 aliphatic heterocycles. The smallest absolute Gasteiger partial charge is 0.251 e. The second-order valence-corrected chi connectivity index (χ2v) is 9.85. The molecule has 168 valence electrons. The van der Waals surface area contributed by atoms with Crippen LogP contribution >= 0.6 is 0 Å². The van der Waals surface area contributed by atoms with Crippen LogP contribution < -0.4 is 10.1 Å². The maximum absolute atomic E-state index is 13.2. The van der Waals surface area contributed by atoms with Crippen LogP contribution in [0.25, 0.3) is 0 Å². The zero-order valence-electron chi connectivity index (χ0n) is 18.2. The molecule has 7 nitrogen and oxygen atoms in total. The number of rotatable bonds is 8. The van der Waals surface area contributed by atoms with Gasteiger partial charge < -0.3 is 14.8 Å². The van der Waals surface area contributed by atoms with Crippen molar-refractivity contribution in [3.05, 3.63) is 59.7 Å². The first-order valence-corrected chi connectivity index (χ1v) is 11.9. The van der Waals surface area contributed by atoms with Crippen molar-refractivity contribution in [1.29, 1.82) is 0 Å². The summed E-state index contributed by atoms with van der Waals surface area (Å²) in [5.74, 6) is 0.263. The third-order valence-electron chi connectivity index (χ3n) is 5.23. The summed E-state index contributed by atoms with van der Waals surface area (Å²) in [6.07, 6.45) is 0.769. The number of ether oxygens (including phenoxy) is 2. The first kappa shape index (κ1) is 23.2. The van der Waals surface area contributed by atoms with Crippen LogP contribution in [0, 0.1) is 5.92 Å². The summed E-state index contributed by atoms with van der Waals surface area (Å²) < 4.78 is 38.3. The number of benzene rings is 2. The average Bonchev–Trinajstić information content (AvgIpc) is 2.79. The molecule has 1 amide bonds. The predicted molar refractivity (Wildman–Crippen MR) is 119 cm³/mol. The van der Waals surface area contributed by atoms with E-state index >= 15 is 0 Å². The fraction of sp³-hybridized carbons (Fsp3) is 0.435. The first-order valence-electron chi connectivity index (χ1n) is 10.4. The van der Waals surface area contributed by atoms with Crippen LogP contribution in [0.1, 0.15) is 42.2 Å². The Balaban J connectivity index is 1.89. The summed E-state index contributed by atoms with van der Waals surface area (Å²) in [5.41, 5.74) is 1.29. The second kappa shape index (κ2) is 10.3. The van der Waals surface area contributed by atoms with Crippen molar-refractivity contribution in [2.45, 2.75) is 31.2 Å². The summed E-state index contributed by atoms with van der Waals surface area (Å²) in [5, 5.41) is 3.07. The molecule has 1 atom stereocenters. The summed E-state index contributed by atoms with van der Waals surface area (Å²) in [6.45, 7) is 5.43. The van der Waals surface area contributed by atoms with Crippen LogP contribution in [0.3, 0.4) is 0 Å². The number of carbonyl (C=O) groups is 1. The van der Waals surface area contributed by atoms with Crippen molar-refractivity contribution in [1.82, 2.24) is 9.62 Å². The quantitative estimate of drug-likeness (QED) is 0.673. The lowest BCUT2D eigenvalue weighted by molar-refractivity contribution is 0.0729. The molecule has 0 aliphatic carbocycles. The van der Waals surface area contributed by atoms with Crippen LogP contribution in [-0.2, 0) is 14.8 Å². The Morgan fingerprint density at radius 3 is 2.42 bits per heavy atom. The van der Waals surface area contributed by atoms with E-state index in [1.807, 2.05) is 30.3 Å². The van der Waals surface area contributed by atoms with Crippen LogP contribution in [-0.4, -0.2) is 52.0 Å². The van der Waals surface area contributed by atoms with E-state index < -0.39 is 10.0 Å². The maximum atomic E-state index is 13.2. The monoisotopic (exact) mass is 446 g/mol. The average molecular weight is 447 g/mol. The van der Waals surface area contributed by atoms with E-state index in [4.69, 9.17) is 9.47 Å². The molecule has 0 aromatic heterocycles. The van der Waals surface area contributed by atoms with Gasteiger partial charge >= 0.3 is 0 Å². The fourth-order valence-electron chi connectivity index (χ4n) is 3.62. The summed E-state index contributed by atoms with van der Waals surface area (Å²) in [4.78, 5) is 13.1. The van der Waals surface area contributed by atoms with Gasteiger partial charge in [-0.1, -0.05) is 44.2 Å². The van der Waals surface area contributed by atoms with Crippen LogP contribution in [0.5, 0.6) is 5.75 Å². The molecule has 1 saturated heterocycles. The van der Waals surface area contributed by atoms with Gasteiger partial charge in [0.15, 0.2) is 0 Å². The minimum Gasteiger partial charge on any atom is -0.495 e. The predicted octanol–water partition coefficient (Wildman–Crippen LogP) is 3.23. The largest absolute Gasteiger partial charge is 0.495 e. The van der Waals surface area contributed by atoms with E-state index in [9.17, 15) is 13.2 Å². The molecule has 0 spiro atoms. The van der Waals surface area contributed by atoms with Gasteiger partial charge in [0.05, 0.1) is 26.4 Å². The molecule has 2 aromatic carbocycles. The standard InChI is InChI=1S/C23H30N2O5S/c1-17(2)15-20(18-7-5-4-6-8-18)24-23(26)19-9-10-21(29-3)22(16-19)31(27,28)25-11-13-30-14-12-25/h4-10,16-17,20H,11-15H2,1-3H3,(H,24,26). The van der Waals surface area contributed by atoms with E-state index in [1.165, 1.54) is 23.5 Å². The van der Waals surface area contributed by atoms with Gasteiger partial charge in [0, 0.05) is 18.7 Å². The van der Waals surface area contributed by atoms with Crippen LogP contribution in [0.15, 0.2) is 53.4 Å². The Morgan fingerprint density at radius 2 is 1.81 bits per heavy atom. The minimum atomic E-state index is -3.81. The van der Waals surface area contributed by atoms with Gasteiger partial charge in [-0.05, 0) is 36.1 Å². The van der Waals surface area contributed by atoms with Gasteiger partial charge in [-0.2, -0.15) is 4.31 Å². The molecule has 31 heavy (non-hydrogen) atoms. The summed E-state index contributed by atoms with van der Waals surface area (Å²) in [6, 6.07) is 14.1. The van der Waals surface area contributed by atoms with Gasteiger partial charge in [-0.15, -0.1) is 0 Å². The van der Waals surface area contributed by atoms with Crippen LogP contribution in [0.4, 0.5) is 0 Å². The van der Waals surface area contributed by atoms with E-state index in [1.54, 1.807) is 6.07 Å². The van der Waals surface area contributed by atoms with Crippen molar-refractivity contribution in [3.63, 3.8) is 0 Å². The zero-order valence-corrected chi connectivity index (χ0v) is 19.0. The number of nitrogens with zero attached hydrogens (tertiary/aromatic N) is 1. The van der Waals surface area contributed by atoms with Crippen molar-refractivity contribution < 1.29 is 22.7 Å². The van der Waals surface area contributed by atoms with Crippen LogP contribution in [0.2, 0.25) is 0 Å². The fourth-order valence-corrected chi connectivity index (χ4v) is 5.21. The van der Waals surface area contributed by atoms with Gasteiger partial charge in [0.1, 0.15) is 10.6 Å². The number of carbonyl (C=O) groups excluding carboxylic acids is 1. The van der Waals surface area contributed by atoms with E-state index in [2.05, 4.69) is 19.2 Å². The number of sulfonamides is 1.